The number of hydrogen-bond acceptors (Lipinski definition) is 7. The van der Waals surface area contributed by atoms with E-state index in [-0.39, 0.29) is 39.0 Å². The highest BCUT2D eigenvalue weighted by Gasteiger charge is 2.35. The molecule has 5 rings (SSSR count). The maximum Gasteiger partial charge on any atom is 0.339 e. The summed E-state index contributed by atoms with van der Waals surface area (Å²) in [7, 11) is -2.77. The molecule has 0 aromatic heterocycles. The van der Waals surface area contributed by atoms with Crippen molar-refractivity contribution in [2.24, 2.45) is 0 Å². The van der Waals surface area contributed by atoms with E-state index in [9.17, 15) is 18.0 Å². The van der Waals surface area contributed by atoms with Crippen molar-refractivity contribution in [1.29, 1.82) is 0 Å². The van der Waals surface area contributed by atoms with Gasteiger partial charge in [-0.25, -0.2) is 0 Å². The van der Waals surface area contributed by atoms with Gasteiger partial charge >= 0.3 is 10.1 Å². The van der Waals surface area contributed by atoms with E-state index >= 15 is 0 Å². The lowest BCUT2D eigenvalue weighted by molar-refractivity contribution is -0.123. The largest absolute Gasteiger partial charge is 0.493 e. The van der Waals surface area contributed by atoms with Crippen LogP contribution in [0.1, 0.15) is 16.7 Å². The molecular formula is C29H23NO6S2. The molecule has 1 aliphatic heterocycles. The Kier molecular flexibility index (Phi) is 6.96. The van der Waals surface area contributed by atoms with Crippen molar-refractivity contribution < 1.29 is 26.9 Å². The van der Waals surface area contributed by atoms with Gasteiger partial charge in [-0.2, -0.15) is 8.42 Å². The molecule has 9 heteroatoms. The molecule has 2 amide bonds. The Balaban J connectivity index is 1.40. The van der Waals surface area contributed by atoms with Gasteiger partial charge in [0.1, 0.15) is 4.90 Å². The summed E-state index contributed by atoms with van der Waals surface area (Å²) in [6.45, 7) is 2.12. The van der Waals surface area contributed by atoms with E-state index in [1.165, 1.54) is 24.1 Å². The van der Waals surface area contributed by atoms with Crippen LogP contribution in [-0.2, 0) is 21.5 Å². The minimum Gasteiger partial charge on any atom is -0.493 e. The highest BCUT2D eigenvalue weighted by Crippen LogP contribution is 2.36. The van der Waals surface area contributed by atoms with Crippen molar-refractivity contribution >= 4 is 49.9 Å². The maximum absolute atomic E-state index is 13.2. The van der Waals surface area contributed by atoms with Crippen LogP contribution in [0.5, 0.6) is 11.5 Å². The Morgan fingerprint density at radius 1 is 0.895 bits per heavy atom. The molecule has 0 spiro atoms. The van der Waals surface area contributed by atoms with Crippen LogP contribution in [0.4, 0.5) is 4.79 Å². The summed E-state index contributed by atoms with van der Waals surface area (Å²) in [6.07, 6.45) is 1.58. The minimum atomic E-state index is -4.17. The molecule has 0 atom stereocenters. The van der Waals surface area contributed by atoms with Crippen LogP contribution in [0, 0.1) is 6.92 Å². The first-order valence-electron chi connectivity index (χ1n) is 11.7. The third-order valence-electron chi connectivity index (χ3n) is 6.17. The highest BCUT2D eigenvalue weighted by atomic mass is 32.2. The van der Waals surface area contributed by atoms with Gasteiger partial charge in [0.15, 0.2) is 11.5 Å². The molecule has 0 aliphatic carbocycles. The summed E-state index contributed by atoms with van der Waals surface area (Å²) >= 11 is 0.858. The predicted octanol–water partition coefficient (Wildman–Crippen LogP) is 6.16. The molecule has 0 saturated carbocycles. The lowest BCUT2D eigenvalue weighted by Gasteiger charge is -2.14. The number of rotatable bonds is 7. The molecule has 1 heterocycles. The summed E-state index contributed by atoms with van der Waals surface area (Å²) in [5.74, 6) is -0.215. The predicted molar refractivity (Wildman–Crippen MR) is 147 cm³/mol. The van der Waals surface area contributed by atoms with Crippen molar-refractivity contribution in [2.45, 2.75) is 18.4 Å². The van der Waals surface area contributed by atoms with Crippen LogP contribution in [0.2, 0.25) is 0 Å². The second-order valence-electron chi connectivity index (χ2n) is 8.62. The molecule has 0 N–H and O–H groups in total. The van der Waals surface area contributed by atoms with E-state index in [1.807, 2.05) is 49.4 Å². The molecule has 4 aromatic carbocycles. The highest BCUT2D eigenvalue weighted by molar-refractivity contribution is 8.18. The van der Waals surface area contributed by atoms with Crippen molar-refractivity contribution in [3.05, 3.63) is 107 Å². The van der Waals surface area contributed by atoms with Gasteiger partial charge in [-0.15, -0.1) is 0 Å². The molecule has 1 aliphatic rings. The van der Waals surface area contributed by atoms with Crippen LogP contribution in [0.15, 0.2) is 94.7 Å². The van der Waals surface area contributed by atoms with Crippen molar-refractivity contribution in [3.8, 4) is 11.5 Å². The van der Waals surface area contributed by atoms with Gasteiger partial charge in [-0.05, 0) is 65.0 Å². The van der Waals surface area contributed by atoms with Gasteiger partial charge in [0.25, 0.3) is 11.1 Å². The van der Waals surface area contributed by atoms with E-state index < -0.39 is 10.1 Å². The van der Waals surface area contributed by atoms with Crippen LogP contribution in [-0.4, -0.2) is 31.6 Å². The number of benzene rings is 4. The average molecular weight is 546 g/mol. The van der Waals surface area contributed by atoms with Crippen LogP contribution < -0.4 is 8.92 Å². The van der Waals surface area contributed by atoms with Gasteiger partial charge in [-0.3, -0.25) is 14.5 Å². The Morgan fingerprint density at radius 3 is 2.42 bits per heavy atom. The molecule has 192 valence electrons. The minimum absolute atomic E-state index is 0.00485. The second-order valence-corrected chi connectivity index (χ2v) is 11.1. The monoisotopic (exact) mass is 545 g/mol. The number of fused-ring (bicyclic) bond motifs is 1. The van der Waals surface area contributed by atoms with Gasteiger partial charge in [0, 0.05) is 5.39 Å². The number of amides is 2. The molecule has 1 fully saturated rings. The SMILES string of the molecule is COc1cc(/C=C2\SC(=O)N(Cc3ccccc3C)C2=O)ccc1OS(=O)(=O)c1cccc2ccccc12. The van der Waals surface area contributed by atoms with Crippen LogP contribution in [0.25, 0.3) is 16.8 Å². The van der Waals surface area contributed by atoms with Crippen LogP contribution >= 0.6 is 11.8 Å². The summed E-state index contributed by atoms with van der Waals surface area (Å²) in [4.78, 5) is 27.1. The summed E-state index contributed by atoms with van der Waals surface area (Å²) in [6, 6.07) is 24.3. The van der Waals surface area contributed by atoms with E-state index in [4.69, 9.17) is 8.92 Å². The van der Waals surface area contributed by atoms with Crippen molar-refractivity contribution in [1.82, 2.24) is 4.90 Å². The lowest BCUT2D eigenvalue weighted by atomic mass is 10.1. The first kappa shape index (κ1) is 25.6. The van der Waals surface area contributed by atoms with E-state index in [0.717, 1.165) is 28.3 Å². The van der Waals surface area contributed by atoms with Crippen molar-refractivity contribution in [2.75, 3.05) is 7.11 Å². The first-order chi connectivity index (χ1) is 18.3. The van der Waals surface area contributed by atoms with Crippen molar-refractivity contribution in [3.63, 3.8) is 0 Å². The van der Waals surface area contributed by atoms with Gasteiger partial charge in [-0.1, -0.05) is 66.7 Å². The zero-order chi connectivity index (χ0) is 26.9. The Morgan fingerprint density at radius 2 is 1.63 bits per heavy atom. The Hall–Kier alpha value is -4.08. The fourth-order valence-corrected chi connectivity index (χ4v) is 6.17. The third kappa shape index (κ3) is 5.03. The molecule has 0 unspecified atom stereocenters. The van der Waals surface area contributed by atoms with E-state index in [0.29, 0.717) is 10.9 Å². The number of nitrogens with zero attached hydrogens (tertiary/aromatic N) is 1. The number of aryl methyl sites for hydroxylation is 1. The number of hydrogen-bond donors (Lipinski definition) is 0. The first-order valence-corrected chi connectivity index (χ1v) is 13.9. The average Bonchev–Trinajstić information content (AvgIpc) is 3.17. The molecule has 0 bridgehead atoms. The summed E-state index contributed by atoms with van der Waals surface area (Å²) in [5.41, 5.74) is 2.44. The molecule has 7 nitrogen and oxygen atoms in total. The fourth-order valence-electron chi connectivity index (χ4n) is 4.17. The zero-order valence-corrected chi connectivity index (χ0v) is 22.2. The molecule has 4 aromatic rings. The maximum atomic E-state index is 13.2. The smallest absolute Gasteiger partial charge is 0.339 e. The van der Waals surface area contributed by atoms with E-state index in [1.54, 1.807) is 36.4 Å². The lowest BCUT2D eigenvalue weighted by Crippen LogP contribution is -2.27. The second kappa shape index (κ2) is 10.4. The van der Waals surface area contributed by atoms with Gasteiger partial charge in [0.2, 0.25) is 0 Å². The number of carbonyl (C=O) groups is 2. The van der Waals surface area contributed by atoms with Gasteiger partial charge in [0.05, 0.1) is 18.6 Å². The molecule has 0 radical (unpaired) electrons. The normalized spacial score (nSPS) is 14.9. The zero-order valence-electron chi connectivity index (χ0n) is 20.6. The van der Waals surface area contributed by atoms with Crippen LogP contribution in [0.3, 0.4) is 0 Å². The standard InChI is InChI=1S/C29H23NO6S2/c1-19-8-3-4-10-22(19)18-30-28(31)26(37-29(30)32)17-20-14-15-24(25(16-20)35-2)36-38(33,34)27-13-7-11-21-9-5-6-12-23(21)27/h3-17H,18H2,1-2H3/b26-17-. The number of carbonyl (C=O) groups excluding carboxylic acids is 2. The quantitative estimate of drug-likeness (QED) is 0.203. The molecular weight excluding hydrogens is 522 g/mol. The fraction of sp³-hybridized carbons (Fsp3) is 0.103. The number of imide groups is 1. The Labute approximate surface area is 224 Å². The summed E-state index contributed by atoms with van der Waals surface area (Å²) < 4.78 is 37.2. The van der Waals surface area contributed by atoms with Gasteiger partial charge < -0.3 is 8.92 Å². The number of ether oxygens (including phenoxy) is 1. The molecule has 1 saturated heterocycles. The number of thioether (sulfide) groups is 1. The molecule has 38 heavy (non-hydrogen) atoms. The Bertz CT molecular complexity index is 1710. The topological polar surface area (TPSA) is 90.0 Å². The van der Waals surface area contributed by atoms with E-state index in [2.05, 4.69) is 0 Å². The summed E-state index contributed by atoms with van der Waals surface area (Å²) in [5, 5.41) is 0.973. The third-order valence-corrected chi connectivity index (χ3v) is 8.37. The number of methoxy groups -OCH3 is 1.